The molecule has 5 heteroatoms. The number of carbonyl (C=O) groups is 1. The third kappa shape index (κ3) is 3.29. The standard InChI is InChI=1S/C15H22N2O3/c1-11-3-4-12(13(9-11)20-8-7-19-2)17-14(18)15(10-16)5-6-15/h3-4,9H,5-8,10,16H2,1-2H3,(H,17,18). The van der Waals surface area contributed by atoms with Crippen LogP contribution >= 0.6 is 0 Å². The molecular formula is C15H22N2O3. The van der Waals surface area contributed by atoms with Gasteiger partial charge in [-0.25, -0.2) is 0 Å². The highest BCUT2D eigenvalue weighted by molar-refractivity contribution is 5.98. The van der Waals surface area contributed by atoms with Crippen molar-refractivity contribution in [2.24, 2.45) is 11.1 Å². The molecule has 0 aliphatic heterocycles. The van der Waals surface area contributed by atoms with Crippen molar-refractivity contribution in [2.75, 3.05) is 32.2 Å². The second kappa shape index (κ2) is 6.24. The van der Waals surface area contributed by atoms with Crippen LogP contribution in [0.15, 0.2) is 18.2 Å². The highest BCUT2D eigenvalue weighted by Gasteiger charge is 2.48. The van der Waals surface area contributed by atoms with E-state index in [0.717, 1.165) is 18.4 Å². The maximum absolute atomic E-state index is 12.2. The summed E-state index contributed by atoms with van der Waals surface area (Å²) >= 11 is 0. The molecule has 1 aliphatic rings. The van der Waals surface area contributed by atoms with Crippen molar-refractivity contribution < 1.29 is 14.3 Å². The summed E-state index contributed by atoms with van der Waals surface area (Å²) in [6.45, 7) is 3.33. The van der Waals surface area contributed by atoms with Gasteiger partial charge in [0.2, 0.25) is 5.91 Å². The summed E-state index contributed by atoms with van der Waals surface area (Å²) in [6.07, 6.45) is 1.72. The molecule has 0 bridgehead atoms. The Bertz CT molecular complexity index is 484. The average Bonchev–Trinajstić information content (AvgIpc) is 3.23. The van der Waals surface area contributed by atoms with E-state index in [1.165, 1.54) is 0 Å². The van der Waals surface area contributed by atoms with Gasteiger partial charge in [-0.2, -0.15) is 0 Å². The fraction of sp³-hybridized carbons (Fsp3) is 0.533. The van der Waals surface area contributed by atoms with Crippen LogP contribution in [0, 0.1) is 12.3 Å². The number of carbonyl (C=O) groups excluding carboxylic acids is 1. The summed E-state index contributed by atoms with van der Waals surface area (Å²) in [5.41, 5.74) is 7.08. The highest BCUT2D eigenvalue weighted by atomic mass is 16.5. The largest absolute Gasteiger partial charge is 0.489 e. The molecule has 0 saturated heterocycles. The van der Waals surface area contributed by atoms with E-state index in [1.807, 2.05) is 25.1 Å². The molecule has 0 heterocycles. The Morgan fingerprint density at radius 1 is 1.40 bits per heavy atom. The maximum atomic E-state index is 12.2. The number of anilines is 1. The molecule has 0 unspecified atom stereocenters. The molecule has 3 N–H and O–H groups in total. The number of hydrogen-bond acceptors (Lipinski definition) is 4. The van der Waals surface area contributed by atoms with E-state index in [2.05, 4.69) is 5.32 Å². The van der Waals surface area contributed by atoms with E-state index in [-0.39, 0.29) is 11.3 Å². The molecule has 1 amide bonds. The predicted molar refractivity (Wildman–Crippen MR) is 77.9 cm³/mol. The van der Waals surface area contributed by atoms with Gasteiger partial charge in [0.15, 0.2) is 0 Å². The lowest BCUT2D eigenvalue weighted by molar-refractivity contribution is -0.120. The van der Waals surface area contributed by atoms with Gasteiger partial charge in [0.05, 0.1) is 17.7 Å². The van der Waals surface area contributed by atoms with Gasteiger partial charge in [-0.05, 0) is 37.5 Å². The molecule has 20 heavy (non-hydrogen) atoms. The van der Waals surface area contributed by atoms with E-state index in [9.17, 15) is 4.79 Å². The molecule has 0 spiro atoms. The van der Waals surface area contributed by atoms with Gasteiger partial charge in [-0.1, -0.05) is 6.07 Å². The minimum absolute atomic E-state index is 0.0135. The van der Waals surface area contributed by atoms with Crippen molar-refractivity contribution in [1.29, 1.82) is 0 Å². The smallest absolute Gasteiger partial charge is 0.231 e. The quantitative estimate of drug-likeness (QED) is 0.744. The minimum atomic E-state index is -0.366. The highest BCUT2D eigenvalue weighted by Crippen LogP contribution is 2.45. The zero-order valence-corrected chi connectivity index (χ0v) is 12.1. The van der Waals surface area contributed by atoms with Gasteiger partial charge >= 0.3 is 0 Å². The van der Waals surface area contributed by atoms with Crippen molar-refractivity contribution in [2.45, 2.75) is 19.8 Å². The van der Waals surface area contributed by atoms with E-state index in [1.54, 1.807) is 7.11 Å². The molecule has 5 nitrogen and oxygen atoms in total. The number of methoxy groups -OCH3 is 1. The molecular weight excluding hydrogens is 256 g/mol. The first-order valence-corrected chi connectivity index (χ1v) is 6.85. The minimum Gasteiger partial charge on any atom is -0.489 e. The summed E-state index contributed by atoms with van der Waals surface area (Å²) in [6, 6.07) is 5.72. The van der Waals surface area contributed by atoms with Crippen molar-refractivity contribution >= 4 is 11.6 Å². The van der Waals surface area contributed by atoms with Crippen LogP contribution in [0.5, 0.6) is 5.75 Å². The van der Waals surface area contributed by atoms with Crippen molar-refractivity contribution in [3.05, 3.63) is 23.8 Å². The summed E-state index contributed by atoms with van der Waals surface area (Å²) in [5.74, 6) is 0.656. The number of aryl methyl sites for hydroxylation is 1. The molecule has 0 radical (unpaired) electrons. The molecule has 1 aromatic rings. The van der Waals surface area contributed by atoms with Crippen LogP contribution in [0.25, 0.3) is 0 Å². The first kappa shape index (κ1) is 14.8. The van der Waals surface area contributed by atoms with Crippen LogP contribution in [0.2, 0.25) is 0 Å². The summed E-state index contributed by atoms with van der Waals surface area (Å²) in [7, 11) is 1.63. The second-order valence-electron chi connectivity index (χ2n) is 5.28. The van der Waals surface area contributed by atoms with Crippen LogP contribution in [0.4, 0.5) is 5.69 Å². The van der Waals surface area contributed by atoms with Crippen LogP contribution in [0.3, 0.4) is 0 Å². The fourth-order valence-electron chi connectivity index (χ4n) is 2.02. The van der Waals surface area contributed by atoms with Crippen LogP contribution in [-0.2, 0) is 9.53 Å². The van der Waals surface area contributed by atoms with Gasteiger partial charge in [0.25, 0.3) is 0 Å². The Hall–Kier alpha value is -1.59. The zero-order chi connectivity index (χ0) is 14.6. The molecule has 1 aromatic carbocycles. The number of rotatable bonds is 7. The van der Waals surface area contributed by atoms with Gasteiger partial charge in [-0.3, -0.25) is 4.79 Å². The van der Waals surface area contributed by atoms with E-state index < -0.39 is 0 Å². The third-order valence-electron chi connectivity index (χ3n) is 3.66. The van der Waals surface area contributed by atoms with Crippen LogP contribution in [0.1, 0.15) is 18.4 Å². The summed E-state index contributed by atoms with van der Waals surface area (Å²) < 4.78 is 10.6. The maximum Gasteiger partial charge on any atom is 0.231 e. The molecule has 1 aliphatic carbocycles. The Morgan fingerprint density at radius 3 is 2.75 bits per heavy atom. The lowest BCUT2D eigenvalue weighted by Gasteiger charge is -2.16. The Kier molecular flexibility index (Phi) is 4.62. The first-order valence-electron chi connectivity index (χ1n) is 6.85. The third-order valence-corrected chi connectivity index (χ3v) is 3.66. The Balaban J connectivity index is 2.08. The number of hydrogen-bond donors (Lipinski definition) is 2. The van der Waals surface area contributed by atoms with Crippen LogP contribution in [-0.4, -0.2) is 32.8 Å². The average molecular weight is 278 g/mol. The number of amides is 1. The lowest BCUT2D eigenvalue weighted by atomic mass is 10.1. The molecule has 1 fully saturated rings. The van der Waals surface area contributed by atoms with Crippen LogP contribution < -0.4 is 15.8 Å². The Morgan fingerprint density at radius 2 is 2.15 bits per heavy atom. The first-order chi connectivity index (χ1) is 9.61. The molecule has 2 rings (SSSR count). The summed E-state index contributed by atoms with van der Waals surface area (Å²) in [5, 5.41) is 2.93. The molecule has 0 atom stereocenters. The Labute approximate surface area is 119 Å². The topological polar surface area (TPSA) is 73.6 Å². The van der Waals surface area contributed by atoms with Crippen molar-refractivity contribution in [3.8, 4) is 5.75 Å². The van der Waals surface area contributed by atoms with E-state index in [0.29, 0.717) is 31.2 Å². The van der Waals surface area contributed by atoms with E-state index in [4.69, 9.17) is 15.2 Å². The van der Waals surface area contributed by atoms with Gasteiger partial charge < -0.3 is 20.5 Å². The monoisotopic (exact) mass is 278 g/mol. The lowest BCUT2D eigenvalue weighted by Crippen LogP contribution is -2.31. The van der Waals surface area contributed by atoms with Gasteiger partial charge in [0.1, 0.15) is 12.4 Å². The zero-order valence-electron chi connectivity index (χ0n) is 12.1. The molecule has 0 aromatic heterocycles. The predicted octanol–water partition coefficient (Wildman–Crippen LogP) is 1.70. The normalized spacial score (nSPS) is 15.8. The van der Waals surface area contributed by atoms with Crippen molar-refractivity contribution in [3.63, 3.8) is 0 Å². The number of benzene rings is 1. The van der Waals surface area contributed by atoms with E-state index >= 15 is 0 Å². The van der Waals surface area contributed by atoms with Gasteiger partial charge in [0, 0.05) is 13.7 Å². The second-order valence-corrected chi connectivity index (χ2v) is 5.28. The van der Waals surface area contributed by atoms with Crippen molar-refractivity contribution in [1.82, 2.24) is 0 Å². The fourth-order valence-corrected chi connectivity index (χ4v) is 2.02. The SMILES string of the molecule is COCCOc1cc(C)ccc1NC(=O)C1(CN)CC1. The number of nitrogens with one attached hydrogen (secondary N) is 1. The number of nitrogens with two attached hydrogens (primary N) is 1. The molecule has 110 valence electrons. The summed E-state index contributed by atoms with van der Waals surface area (Å²) in [4.78, 5) is 12.2. The van der Waals surface area contributed by atoms with Gasteiger partial charge in [-0.15, -0.1) is 0 Å². The number of ether oxygens (including phenoxy) is 2. The molecule has 1 saturated carbocycles.